The van der Waals surface area contributed by atoms with Crippen molar-refractivity contribution in [3.05, 3.63) is 0 Å². The van der Waals surface area contributed by atoms with Crippen LogP contribution in [-0.4, -0.2) is 41.2 Å². The fourth-order valence-electron chi connectivity index (χ4n) is 2.42. The molecule has 74 valence electrons. The fourth-order valence-corrected chi connectivity index (χ4v) is 2.42. The smallest absolute Gasteiger partial charge is 0.344 e. The molecule has 0 bridgehead atoms. The number of esters is 1. The van der Waals surface area contributed by atoms with E-state index in [9.17, 15) is 19.4 Å². The van der Waals surface area contributed by atoms with Crippen molar-refractivity contribution >= 4 is 5.97 Å². The molecule has 13 heavy (non-hydrogen) atoms. The fraction of sp³-hybridized carbons (Fsp3) is 0.875. The minimum Gasteiger partial charge on any atom is -0.467 e. The standard InChI is InChI=1S/C8H11FO4/c1-13-7(12)8(9)5-3(10)2-4(11)6(5)8/h3-6,10-11H,2H2,1H3/t3-,4+,5+,6-,8?. The summed E-state index contributed by atoms with van der Waals surface area (Å²) in [7, 11) is 1.09. The molecule has 0 aromatic rings. The third-order valence-corrected chi connectivity index (χ3v) is 3.06. The van der Waals surface area contributed by atoms with Crippen molar-refractivity contribution in [1.82, 2.24) is 0 Å². The molecule has 0 radical (unpaired) electrons. The summed E-state index contributed by atoms with van der Waals surface area (Å²) in [6.45, 7) is 0. The van der Waals surface area contributed by atoms with E-state index in [1.165, 1.54) is 0 Å². The Kier molecular flexibility index (Phi) is 1.66. The normalized spacial score (nSPS) is 52.9. The summed E-state index contributed by atoms with van der Waals surface area (Å²) >= 11 is 0. The molecular formula is C8H11FO4. The Hall–Kier alpha value is -0.680. The SMILES string of the molecule is COC(=O)C1(F)[C@@H]2[C@H]1[C@@H](O)C[C@H]2O. The second kappa shape index (κ2) is 2.42. The summed E-state index contributed by atoms with van der Waals surface area (Å²) in [6.07, 6.45) is -1.70. The minimum atomic E-state index is -2.15. The van der Waals surface area contributed by atoms with Crippen molar-refractivity contribution in [2.24, 2.45) is 11.8 Å². The molecule has 5 atom stereocenters. The van der Waals surface area contributed by atoms with Crippen LogP contribution in [-0.2, 0) is 9.53 Å². The lowest BCUT2D eigenvalue weighted by Crippen LogP contribution is -2.32. The molecule has 0 heterocycles. The summed E-state index contributed by atoms with van der Waals surface area (Å²) in [5, 5.41) is 18.6. The molecule has 2 fully saturated rings. The van der Waals surface area contributed by atoms with Crippen LogP contribution in [0.5, 0.6) is 0 Å². The largest absolute Gasteiger partial charge is 0.467 e. The lowest BCUT2D eigenvalue weighted by molar-refractivity contribution is -0.152. The quantitative estimate of drug-likeness (QED) is 0.533. The van der Waals surface area contributed by atoms with Gasteiger partial charge >= 0.3 is 5.97 Å². The van der Waals surface area contributed by atoms with E-state index in [-0.39, 0.29) is 6.42 Å². The molecule has 2 rings (SSSR count). The van der Waals surface area contributed by atoms with E-state index in [0.717, 1.165) is 7.11 Å². The van der Waals surface area contributed by atoms with E-state index < -0.39 is 35.7 Å². The second-order valence-corrected chi connectivity index (χ2v) is 3.68. The highest BCUT2D eigenvalue weighted by molar-refractivity contribution is 5.85. The Labute approximate surface area is 74.3 Å². The van der Waals surface area contributed by atoms with Crippen LogP contribution in [0.3, 0.4) is 0 Å². The minimum absolute atomic E-state index is 0.151. The van der Waals surface area contributed by atoms with Crippen LogP contribution in [0.15, 0.2) is 0 Å². The van der Waals surface area contributed by atoms with E-state index in [2.05, 4.69) is 4.74 Å². The van der Waals surface area contributed by atoms with Gasteiger partial charge in [-0.1, -0.05) is 0 Å². The summed E-state index contributed by atoms with van der Waals surface area (Å²) in [6, 6.07) is 0. The van der Waals surface area contributed by atoms with Crippen molar-refractivity contribution in [2.45, 2.75) is 24.3 Å². The topological polar surface area (TPSA) is 66.8 Å². The van der Waals surface area contributed by atoms with E-state index in [1.54, 1.807) is 0 Å². The van der Waals surface area contributed by atoms with Gasteiger partial charge in [0.05, 0.1) is 19.3 Å². The molecule has 0 spiro atoms. The molecule has 2 N–H and O–H groups in total. The number of aliphatic hydroxyl groups is 2. The van der Waals surface area contributed by atoms with Crippen molar-refractivity contribution in [3.8, 4) is 0 Å². The molecule has 5 heteroatoms. The van der Waals surface area contributed by atoms with Gasteiger partial charge in [0, 0.05) is 18.3 Å². The van der Waals surface area contributed by atoms with E-state index in [0.29, 0.717) is 0 Å². The van der Waals surface area contributed by atoms with Gasteiger partial charge in [-0.2, -0.15) is 0 Å². The van der Waals surface area contributed by atoms with Gasteiger partial charge < -0.3 is 14.9 Å². The monoisotopic (exact) mass is 190 g/mol. The second-order valence-electron chi connectivity index (χ2n) is 3.68. The maximum Gasteiger partial charge on any atom is 0.344 e. The number of hydrogen-bond acceptors (Lipinski definition) is 4. The maximum atomic E-state index is 13.7. The number of aliphatic hydroxyl groups excluding tert-OH is 2. The average molecular weight is 190 g/mol. The highest BCUT2D eigenvalue weighted by Gasteiger charge is 2.79. The van der Waals surface area contributed by atoms with E-state index in [1.807, 2.05) is 0 Å². The molecule has 0 amide bonds. The number of ether oxygens (including phenoxy) is 1. The van der Waals surface area contributed by atoms with Crippen molar-refractivity contribution < 1.29 is 24.1 Å². The first-order chi connectivity index (χ1) is 6.03. The predicted octanol–water partition coefficient (Wildman–Crippen LogP) is -0.761. The Morgan fingerprint density at radius 2 is 1.92 bits per heavy atom. The molecule has 2 aliphatic carbocycles. The lowest BCUT2D eigenvalue weighted by Gasteiger charge is -2.14. The van der Waals surface area contributed by atoms with Crippen molar-refractivity contribution in [3.63, 3.8) is 0 Å². The average Bonchev–Trinajstić information content (AvgIpc) is 2.60. The number of hydrogen-bond donors (Lipinski definition) is 2. The van der Waals surface area contributed by atoms with Crippen LogP contribution >= 0.6 is 0 Å². The first-order valence-electron chi connectivity index (χ1n) is 4.17. The Morgan fingerprint density at radius 3 is 2.31 bits per heavy atom. The number of fused-ring (bicyclic) bond motifs is 1. The first-order valence-corrected chi connectivity index (χ1v) is 4.17. The predicted molar refractivity (Wildman–Crippen MR) is 39.5 cm³/mol. The summed E-state index contributed by atoms with van der Waals surface area (Å²) < 4.78 is 18.0. The van der Waals surface area contributed by atoms with Gasteiger partial charge in [0.25, 0.3) is 0 Å². The van der Waals surface area contributed by atoms with Crippen LogP contribution in [0.1, 0.15) is 6.42 Å². The molecule has 4 nitrogen and oxygen atoms in total. The third kappa shape index (κ3) is 0.886. The van der Waals surface area contributed by atoms with Crippen LogP contribution in [0.25, 0.3) is 0 Å². The first kappa shape index (κ1) is 8.90. The molecule has 0 aliphatic heterocycles. The highest BCUT2D eigenvalue weighted by Crippen LogP contribution is 2.63. The molecule has 0 aromatic heterocycles. The van der Waals surface area contributed by atoms with E-state index in [4.69, 9.17) is 0 Å². The van der Waals surface area contributed by atoms with Gasteiger partial charge in [0.1, 0.15) is 0 Å². The van der Waals surface area contributed by atoms with Gasteiger partial charge in [-0.05, 0) is 0 Å². The summed E-state index contributed by atoms with van der Waals surface area (Å²) in [5.41, 5.74) is -2.15. The molecule has 0 aromatic carbocycles. The van der Waals surface area contributed by atoms with Crippen LogP contribution < -0.4 is 0 Å². The third-order valence-electron chi connectivity index (χ3n) is 3.06. The number of halogens is 1. The maximum absolute atomic E-state index is 13.7. The van der Waals surface area contributed by atoms with Crippen molar-refractivity contribution in [1.29, 1.82) is 0 Å². The molecule has 2 saturated carbocycles. The van der Waals surface area contributed by atoms with Gasteiger partial charge in [0.15, 0.2) is 0 Å². The molecule has 1 unspecified atom stereocenters. The zero-order chi connectivity index (χ0) is 9.80. The molecular weight excluding hydrogens is 179 g/mol. The number of carbonyl (C=O) groups excluding carboxylic acids is 1. The molecule has 2 aliphatic rings. The number of rotatable bonds is 1. The van der Waals surface area contributed by atoms with Gasteiger partial charge in [-0.15, -0.1) is 0 Å². The number of carbonyl (C=O) groups is 1. The zero-order valence-corrected chi connectivity index (χ0v) is 7.11. The lowest BCUT2D eigenvalue weighted by atomic mass is 10.1. The Bertz CT molecular complexity index is 241. The van der Waals surface area contributed by atoms with Gasteiger partial charge in [-0.3, -0.25) is 0 Å². The Morgan fingerprint density at radius 1 is 1.46 bits per heavy atom. The van der Waals surface area contributed by atoms with Gasteiger partial charge in [-0.25, -0.2) is 9.18 Å². The summed E-state index contributed by atoms with van der Waals surface area (Å²) in [5.74, 6) is -2.52. The van der Waals surface area contributed by atoms with Crippen LogP contribution in [0.2, 0.25) is 0 Å². The van der Waals surface area contributed by atoms with Crippen LogP contribution in [0, 0.1) is 11.8 Å². The number of methoxy groups -OCH3 is 1. The number of alkyl halides is 1. The van der Waals surface area contributed by atoms with Gasteiger partial charge in [0.2, 0.25) is 5.67 Å². The molecule has 0 saturated heterocycles. The van der Waals surface area contributed by atoms with Crippen LogP contribution in [0.4, 0.5) is 4.39 Å². The Balaban J connectivity index is 2.19. The van der Waals surface area contributed by atoms with Crippen molar-refractivity contribution in [2.75, 3.05) is 7.11 Å². The summed E-state index contributed by atoms with van der Waals surface area (Å²) in [4.78, 5) is 11.0. The van der Waals surface area contributed by atoms with E-state index >= 15 is 0 Å². The zero-order valence-electron chi connectivity index (χ0n) is 7.11. The highest BCUT2D eigenvalue weighted by atomic mass is 19.1.